The molecule has 1 N–H and O–H groups in total. The summed E-state index contributed by atoms with van der Waals surface area (Å²) in [5.74, 6) is 0.268. The highest BCUT2D eigenvalue weighted by molar-refractivity contribution is 5.76. The first kappa shape index (κ1) is 18.4. The highest BCUT2D eigenvalue weighted by Crippen LogP contribution is 2.10. The summed E-state index contributed by atoms with van der Waals surface area (Å²) in [6.45, 7) is 2.16. The van der Waals surface area contributed by atoms with Gasteiger partial charge in [-0.15, -0.1) is 0 Å². The van der Waals surface area contributed by atoms with E-state index in [1.165, 1.54) is 22.5 Å². The summed E-state index contributed by atoms with van der Waals surface area (Å²) in [5.41, 5.74) is 0.563. The zero-order chi connectivity index (χ0) is 19.6. The summed E-state index contributed by atoms with van der Waals surface area (Å²) in [4.78, 5) is 41.1. The number of hydrogen-bond acceptors (Lipinski definition) is 5. The van der Waals surface area contributed by atoms with Crippen molar-refractivity contribution in [3.8, 4) is 5.75 Å². The van der Waals surface area contributed by atoms with E-state index < -0.39 is 17.2 Å². The number of aromatic nitrogens is 4. The molecule has 0 bridgehead atoms. The van der Waals surface area contributed by atoms with E-state index in [-0.39, 0.29) is 30.9 Å². The van der Waals surface area contributed by atoms with Crippen LogP contribution in [0.15, 0.2) is 40.2 Å². The third kappa shape index (κ3) is 3.76. The molecule has 142 valence electrons. The lowest BCUT2D eigenvalue weighted by Gasteiger charge is -2.10. The maximum absolute atomic E-state index is 12.5. The Hall–Kier alpha value is -3.36. The fourth-order valence-corrected chi connectivity index (χ4v) is 2.73. The molecule has 0 unspecified atom stereocenters. The van der Waals surface area contributed by atoms with Gasteiger partial charge in [0.15, 0.2) is 11.2 Å². The summed E-state index contributed by atoms with van der Waals surface area (Å²) in [6, 6.07) is 7.57. The summed E-state index contributed by atoms with van der Waals surface area (Å²) in [5, 5.41) is 2.65. The van der Waals surface area contributed by atoms with Crippen molar-refractivity contribution in [2.24, 2.45) is 14.1 Å². The predicted octanol–water partition coefficient (Wildman–Crippen LogP) is -0.0627. The maximum Gasteiger partial charge on any atom is 0.332 e. The van der Waals surface area contributed by atoms with Crippen LogP contribution in [0.25, 0.3) is 11.2 Å². The van der Waals surface area contributed by atoms with Crippen LogP contribution in [0.4, 0.5) is 0 Å². The Labute approximate surface area is 154 Å². The van der Waals surface area contributed by atoms with Crippen molar-refractivity contribution >= 4 is 17.1 Å². The molecule has 1 amide bonds. The molecule has 9 heteroatoms. The number of carbonyl (C=O) groups excluding carboxylic acids is 1. The molecular formula is C18H21N5O4. The number of amides is 1. The average molecular weight is 371 g/mol. The minimum absolute atomic E-state index is 0.260. The van der Waals surface area contributed by atoms with Gasteiger partial charge in [0.1, 0.15) is 18.9 Å². The summed E-state index contributed by atoms with van der Waals surface area (Å²) >= 11 is 0. The molecule has 2 aromatic heterocycles. The van der Waals surface area contributed by atoms with Crippen molar-refractivity contribution < 1.29 is 9.53 Å². The summed E-state index contributed by atoms with van der Waals surface area (Å²) in [6.07, 6.45) is 1.46. The molecule has 0 fully saturated rings. The van der Waals surface area contributed by atoms with Crippen LogP contribution in [0, 0.1) is 6.92 Å². The van der Waals surface area contributed by atoms with Gasteiger partial charge in [-0.25, -0.2) is 14.3 Å². The van der Waals surface area contributed by atoms with E-state index in [9.17, 15) is 14.4 Å². The Kier molecular flexibility index (Phi) is 5.11. The van der Waals surface area contributed by atoms with Gasteiger partial charge < -0.3 is 14.6 Å². The molecule has 0 aliphatic carbocycles. The van der Waals surface area contributed by atoms with Gasteiger partial charge in [-0.3, -0.25) is 14.2 Å². The van der Waals surface area contributed by atoms with E-state index in [1.807, 2.05) is 31.2 Å². The molecule has 2 heterocycles. The molecule has 3 aromatic rings. The molecule has 1 aromatic carbocycles. The van der Waals surface area contributed by atoms with Gasteiger partial charge in [0, 0.05) is 14.1 Å². The Bertz CT molecular complexity index is 1090. The molecule has 27 heavy (non-hydrogen) atoms. The van der Waals surface area contributed by atoms with Crippen molar-refractivity contribution in [1.82, 2.24) is 24.0 Å². The first-order chi connectivity index (χ1) is 12.9. The lowest BCUT2D eigenvalue weighted by Crippen LogP contribution is -2.44. The van der Waals surface area contributed by atoms with Crippen molar-refractivity contribution in [3.05, 3.63) is 57.0 Å². The number of aryl methyl sites for hydroxylation is 3. The minimum Gasteiger partial charge on any atom is -0.492 e. The number of nitrogens with zero attached hydrogens (tertiary/aromatic N) is 4. The van der Waals surface area contributed by atoms with E-state index in [1.54, 1.807) is 7.05 Å². The third-order valence-electron chi connectivity index (χ3n) is 4.22. The average Bonchev–Trinajstić information content (AvgIpc) is 3.04. The van der Waals surface area contributed by atoms with Crippen molar-refractivity contribution in [3.63, 3.8) is 0 Å². The number of fused-ring (bicyclic) bond motifs is 1. The van der Waals surface area contributed by atoms with Crippen LogP contribution >= 0.6 is 0 Å². The summed E-state index contributed by atoms with van der Waals surface area (Å²) < 4.78 is 9.22. The van der Waals surface area contributed by atoms with E-state index in [0.29, 0.717) is 5.75 Å². The Morgan fingerprint density at radius 2 is 1.89 bits per heavy atom. The number of hydrogen-bond donors (Lipinski definition) is 1. The van der Waals surface area contributed by atoms with Crippen LogP contribution in [0.2, 0.25) is 0 Å². The molecule has 9 nitrogen and oxygen atoms in total. The normalized spacial score (nSPS) is 10.9. The lowest BCUT2D eigenvalue weighted by molar-refractivity contribution is -0.121. The maximum atomic E-state index is 12.5. The second-order valence-corrected chi connectivity index (χ2v) is 6.27. The number of carbonyl (C=O) groups is 1. The number of benzene rings is 1. The van der Waals surface area contributed by atoms with Crippen molar-refractivity contribution in [2.45, 2.75) is 13.5 Å². The van der Waals surface area contributed by atoms with Crippen LogP contribution in [0.3, 0.4) is 0 Å². The first-order valence-electron chi connectivity index (χ1n) is 8.45. The van der Waals surface area contributed by atoms with Crippen molar-refractivity contribution in [2.75, 3.05) is 13.2 Å². The fraction of sp³-hybridized carbons (Fsp3) is 0.333. The number of nitrogens with one attached hydrogen (secondary N) is 1. The highest BCUT2D eigenvalue weighted by atomic mass is 16.5. The molecule has 0 saturated carbocycles. The fourth-order valence-electron chi connectivity index (χ4n) is 2.73. The van der Waals surface area contributed by atoms with Crippen LogP contribution < -0.4 is 21.3 Å². The lowest BCUT2D eigenvalue weighted by atomic mass is 10.2. The van der Waals surface area contributed by atoms with E-state index in [2.05, 4.69) is 10.3 Å². The quantitative estimate of drug-likeness (QED) is 0.612. The molecule has 0 saturated heterocycles. The third-order valence-corrected chi connectivity index (χ3v) is 4.22. The molecule has 0 atom stereocenters. The Balaban J connectivity index is 1.64. The SMILES string of the molecule is Cc1ccc(OCCNC(=O)Cn2c(=O)c3c(ncn3C)n(C)c2=O)cc1. The number of rotatable bonds is 6. The van der Waals surface area contributed by atoms with Crippen LogP contribution in [-0.4, -0.2) is 37.7 Å². The van der Waals surface area contributed by atoms with E-state index >= 15 is 0 Å². The zero-order valence-corrected chi connectivity index (χ0v) is 15.4. The van der Waals surface area contributed by atoms with Gasteiger partial charge in [-0.1, -0.05) is 17.7 Å². The van der Waals surface area contributed by atoms with Crippen LogP contribution in [-0.2, 0) is 25.4 Å². The number of imidazole rings is 1. The largest absolute Gasteiger partial charge is 0.492 e. The molecule has 0 radical (unpaired) electrons. The number of ether oxygens (including phenoxy) is 1. The smallest absolute Gasteiger partial charge is 0.332 e. The molecule has 3 rings (SSSR count). The van der Waals surface area contributed by atoms with Gasteiger partial charge in [0.05, 0.1) is 12.9 Å². The second kappa shape index (κ2) is 7.48. The summed E-state index contributed by atoms with van der Waals surface area (Å²) in [7, 11) is 3.18. The second-order valence-electron chi connectivity index (χ2n) is 6.27. The Morgan fingerprint density at radius 1 is 1.19 bits per heavy atom. The molecule has 0 spiro atoms. The molecular weight excluding hydrogens is 350 g/mol. The van der Waals surface area contributed by atoms with Crippen LogP contribution in [0.5, 0.6) is 5.75 Å². The monoisotopic (exact) mass is 371 g/mol. The standard InChI is InChI=1S/C18H21N5O4/c1-12-4-6-13(7-5-12)27-9-8-19-14(24)10-23-17(25)15-16(20-11-21(15)2)22(3)18(23)26/h4-7,11H,8-10H2,1-3H3,(H,19,24). The highest BCUT2D eigenvalue weighted by Gasteiger charge is 2.16. The van der Waals surface area contributed by atoms with E-state index in [4.69, 9.17) is 4.74 Å². The molecule has 0 aliphatic rings. The first-order valence-corrected chi connectivity index (χ1v) is 8.45. The predicted molar refractivity (Wildman–Crippen MR) is 99.9 cm³/mol. The molecule has 0 aliphatic heterocycles. The van der Waals surface area contributed by atoms with Gasteiger partial charge in [0.2, 0.25) is 5.91 Å². The van der Waals surface area contributed by atoms with Gasteiger partial charge in [-0.2, -0.15) is 0 Å². The van der Waals surface area contributed by atoms with Crippen LogP contribution in [0.1, 0.15) is 5.56 Å². The van der Waals surface area contributed by atoms with E-state index in [0.717, 1.165) is 10.1 Å². The van der Waals surface area contributed by atoms with Gasteiger partial charge >= 0.3 is 5.69 Å². The van der Waals surface area contributed by atoms with Gasteiger partial charge in [0.25, 0.3) is 5.56 Å². The minimum atomic E-state index is -0.586. The zero-order valence-electron chi connectivity index (χ0n) is 15.4. The Morgan fingerprint density at radius 3 is 2.59 bits per heavy atom. The van der Waals surface area contributed by atoms with Gasteiger partial charge in [-0.05, 0) is 19.1 Å². The van der Waals surface area contributed by atoms with Crippen molar-refractivity contribution in [1.29, 1.82) is 0 Å². The topological polar surface area (TPSA) is 100 Å².